The van der Waals surface area contributed by atoms with Crippen molar-refractivity contribution in [3.05, 3.63) is 35.5 Å². The number of carboxylic acids is 1. The third-order valence-electron chi connectivity index (χ3n) is 3.08. The predicted molar refractivity (Wildman–Crippen MR) is 90.9 cm³/mol. The summed E-state index contributed by atoms with van der Waals surface area (Å²) in [5, 5.41) is 18.8. The highest BCUT2D eigenvalue weighted by Crippen LogP contribution is 2.18. The lowest BCUT2D eigenvalue weighted by molar-refractivity contribution is 0.0528. The Kier molecular flexibility index (Phi) is 5.23. The molecular weight excluding hydrogens is 310 g/mol. The van der Waals surface area contributed by atoms with Gasteiger partial charge in [-0.1, -0.05) is 18.2 Å². The highest BCUT2D eigenvalue weighted by Gasteiger charge is 2.15. The smallest absolute Gasteiger partial charge is 0.407 e. The minimum atomic E-state index is -1.07. The van der Waals surface area contributed by atoms with Crippen LogP contribution in [0.1, 0.15) is 43.2 Å². The molecule has 0 aliphatic rings. The molecule has 2 aromatic rings. The lowest BCUT2D eigenvalue weighted by Crippen LogP contribution is -2.32. The van der Waals surface area contributed by atoms with Crippen molar-refractivity contribution in [1.29, 1.82) is 0 Å². The quantitative estimate of drug-likeness (QED) is 0.730. The fourth-order valence-electron chi connectivity index (χ4n) is 2.09. The summed E-state index contributed by atoms with van der Waals surface area (Å²) in [6.45, 7) is 5.89. The van der Waals surface area contributed by atoms with Gasteiger partial charge in [-0.3, -0.25) is 5.10 Å². The predicted octanol–water partition coefficient (Wildman–Crippen LogP) is 3.19. The summed E-state index contributed by atoms with van der Waals surface area (Å²) < 4.78 is 5.14. The van der Waals surface area contributed by atoms with Crippen LogP contribution in [0.3, 0.4) is 0 Å². The summed E-state index contributed by atoms with van der Waals surface area (Å²) in [7, 11) is 0. The van der Waals surface area contributed by atoms with E-state index >= 15 is 0 Å². The summed E-state index contributed by atoms with van der Waals surface area (Å²) in [5.41, 5.74) is 1.04. The van der Waals surface area contributed by atoms with Gasteiger partial charge in [-0.15, -0.1) is 0 Å². The summed E-state index contributed by atoms with van der Waals surface area (Å²) in [4.78, 5) is 22.6. The Bertz CT molecular complexity index is 772. The first-order valence-electron chi connectivity index (χ1n) is 7.61. The SMILES string of the molecule is CC(C)(C)OC(=O)NCCC=Cc1ccc2[nH]nc(C(=O)O)c2c1. The van der Waals surface area contributed by atoms with Crippen LogP contribution >= 0.6 is 0 Å². The molecule has 0 saturated carbocycles. The van der Waals surface area contributed by atoms with E-state index in [1.54, 1.807) is 12.1 Å². The summed E-state index contributed by atoms with van der Waals surface area (Å²) in [6, 6.07) is 5.41. The largest absolute Gasteiger partial charge is 0.476 e. The number of fused-ring (bicyclic) bond motifs is 1. The molecule has 24 heavy (non-hydrogen) atoms. The zero-order valence-corrected chi connectivity index (χ0v) is 13.9. The van der Waals surface area contributed by atoms with Crippen molar-refractivity contribution in [2.45, 2.75) is 32.8 Å². The fraction of sp³-hybridized carbons (Fsp3) is 0.353. The number of alkyl carbamates (subject to hydrolysis) is 1. The molecule has 1 aromatic carbocycles. The van der Waals surface area contributed by atoms with E-state index in [0.29, 0.717) is 23.9 Å². The van der Waals surface area contributed by atoms with Gasteiger partial charge >= 0.3 is 12.1 Å². The van der Waals surface area contributed by atoms with E-state index < -0.39 is 17.7 Å². The number of nitrogens with one attached hydrogen (secondary N) is 2. The molecule has 2 rings (SSSR count). The highest BCUT2D eigenvalue weighted by atomic mass is 16.6. The second-order valence-electron chi connectivity index (χ2n) is 6.30. The molecule has 0 aliphatic carbocycles. The summed E-state index contributed by atoms with van der Waals surface area (Å²) in [5.74, 6) is -1.07. The molecule has 0 atom stereocenters. The van der Waals surface area contributed by atoms with Crippen LogP contribution < -0.4 is 5.32 Å². The van der Waals surface area contributed by atoms with Gasteiger partial charge in [0.2, 0.25) is 0 Å². The number of rotatable bonds is 5. The first-order valence-corrected chi connectivity index (χ1v) is 7.61. The third kappa shape index (κ3) is 4.84. The van der Waals surface area contributed by atoms with Crippen LogP contribution in [0.25, 0.3) is 17.0 Å². The Morgan fingerprint density at radius 3 is 2.79 bits per heavy atom. The van der Waals surface area contributed by atoms with Crippen molar-refractivity contribution < 1.29 is 19.4 Å². The van der Waals surface area contributed by atoms with Gasteiger partial charge in [-0.25, -0.2) is 9.59 Å². The molecule has 1 heterocycles. The van der Waals surface area contributed by atoms with Crippen LogP contribution in [0.15, 0.2) is 24.3 Å². The van der Waals surface area contributed by atoms with Gasteiger partial charge in [-0.2, -0.15) is 5.10 Å². The third-order valence-corrected chi connectivity index (χ3v) is 3.08. The van der Waals surface area contributed by atoms with Crippen LogP contribution in [0.5, 0.6) is 0 Å². The van der Waals surface area contributed by atoms with E-state index in [0.717, 1.165) is 5.56 Å². The van der Waals surface area contributed by atoms with Crippen LogP contribution in [-0.4, -0.2) is 39.5 Å². The molecule has 0 saturated heterocycles. The molecule has 128 valence electrons. The number of benzene rings is 1. The number of hydrogen-bond donors (Lipinski definition) is 3. The average molecular weight is 331 g/mol. The van der Waals surface area contributed by atoms with Crippen molar-refractivity contribution in [2.75, 3.05) is 6.54 Å². The topological polar surface area (TPSA) is 104 Å². The van der Waals surface area contributed by atoms with E-state index in [1.807, 2.05) is 39.0 Å². The standard InChI is InChI=1S/C17H21N3O4/c1-17(2,3)24-16(23)18-9-5-4-6-11-7-8-13-12(10-11)14(15(21)22)20-19-13/h4,6-8,10H,5,9H2,1-3H3,(H,18,23)(H,19,20)(H,21,22). The number of amides is 1. The van der Waals surface area contributed by atoms with Crippen LogP contribution in [0.2, 0.25) is 0 Å². The fourth-order valence-corrected chi connectivity index (χ4v) is 2.09. The number of aromatic nitrogens is 2. The van der Waals surface area contributed by atoms with Crippen molar-refractivity contribution in [3.63, 3.8) is 0 Å². The highest BCUT2D eigenvalue weighted by molar-refractivity contribution is 6.01. The number of ether oxygens (including phenoxy) is 1. The average Bonchev–Trinajstić information content (AvgIpc) is 2.88. The number of aromatic carboxylic acids is 1. The molecule has 1 amide bonds. The Morgan fingerprint density at radius 2 is 2.12 bits per heavy atom. The maximum absolute atomic E-state index is 11.5. The number of H-pyrrole nitrogens is 1. The van der Waals surface area contributed by atoms with Crippen molar-refractivity contribution in [1.82, 2.24) is 15.5 Å². The number of carbonyl (C=O) groups is 2. The van der Waals surface area contributed by atoms with Gasteiger partial charge < -0.3 is 15.2 Å². The molecule has 0 aliphatic heterocycles. The Balaban J connectivity index is 1.90. The summed E-state index contributed by atoms with van der Waals surface area (Å²) in [6.07, 6.45) is 3.96. The maximum Gasteiger partial charge on any atom is 0.407 e. The molecule has 7 heteroatoms. The van der Waals surface area contributed by atoms with E-state index in [4.69, 9.17) is 9.84 Å². The number of aromatic amines is 1. The molecule has 0 radical (unpaired) electrons. The van der Waals surface area contributed by atoms with E-state index in [1.165, 1.54) is 0 Å². The first kappa shape index (κ1) is 17.5. The molecular formula is C17H21N3O4. The van der Waals surface area contributed by atoms with Gasteiger partial charge in [0.25, 0.3) is 0 Å². The normalized spacial score (nSPS) is 11.8. The first-order chi connectivity index (χ1) is 11.3. The molecule has 3 N–H and O–H groups in total. The lowest BCUT2D eigenvalue weighted by Gasteiger charge is -2.19. The monoisotopic (exact) mass is 331 g/mol. The molecule has 7 nitrogen and oxygen atoms in total. The second-order valence-corrected chi connectivity index (χ2v) is 6.30. The van der Waals surface area contributed by atoms with Crippen LogP contribution in [0.4, 0.5) is 4.79 Å². The summed E-state index contributed by atoms with van der Waals surface area (Å²) >= 11 is 0. The van der Waals surface area contributed by atoms with Crippen molar-refractivity contribution in [2.24, 2.45) is 0 Å². The number of hydrogen-bond acceptors (Lipinski definition) is 4. The van der Waals surface area contributed by atoms with E-state index in [2.05, 4.69) is 15.5 Å². The van der Waals surface area contributed by atoms with Gasteiger partial charge in [0.05, 0.1) is 5.52 Å². The van der Waals surface area contributed by atoms with Crippen molar-refractivity contribution in [3.8, 4) is 0 Å². The molecule has 0 fully saturated rings. The second kappa shape index (κ2) is 7.16. The van der Waals surface area contributed by atoms with E-state index in [9.17, 15) is 9.59 Å². The Labute approximate surface area is 139 Å². The van der Waals surface area contributed by atoms with Gasteiger partial charge in [0, 0.05) is 11.9 Å². The zero-order chi connectivity index (χ0) is 17.7. The number of carbonyl (C=O) groups excluding carboxylic acids is 1. The Morgan fingerprint density at radius 1 is 1.38 bits per heavy atom. The lowest BCUT2D eigenvalue weighted by atomic mass is 10.1. The molecule has 0 spiro atoms. The zero-order valence-electron chi connectivity index (χ0n) is 13.9. The minimum Gasteiger partial charge on any atom is -0.476 e. The van der Waals surface area contributed by atoms with Crippen molar-refractivity contribution >= 4 is 29.0 Å². The van der Waals surface area contributed by atoms with E-state index in [-0.39, 0.29) is 5.69 Å². The van der Waals surface area contributed by atoms with Crippen LogP contribution in [-0.2, 0) is 4.74 Å². The van der Waals surface area contributed by atoms with Gasteiger partial charge in [0.15, 0.2) is 5.69 Å². The maximum atomic E-state index is 11.5. The van der Waals surface area contributed by atoms with Gasteiger partial charge in [-0.05, 0) is 44.9 Å². The van der Waals surface area contributed by atoms with Crippen LogP contribution in [0, 0.1) is 0 Å². The minimum absolute atomic E-state index is 0.00634. The molecule has 0 bridgehead atoms. The van der Waals surface area contributed by atoms with Gasteiger partial charge in [0.1, 0.15) is 5.60 Å². The Hall–Kier alpha value is -2.83. The number of nitrogens with zero attached hydrogens (tertiary/aromatic N) is 1. The molecule has 0 unspecified atom stereocenters. The molecule has 1 aromatic heterocycles. The number of carboxylic acid groups (broad SMARTS) is 1.